The molecule has 0 spiro atoms. The molecule has 1 aliphatic rings. The summed E-state index contributed by atoms with van der Waals surface area (Å²) in [6, 6.07) is 0. The standard InChI is InChI=1S/C14H27NO3/c1-6-14(17-7-2)8-10-15(11-9-14)12(16)18-13(3,4)5/h6-11H2,1-5H3. The van der Waals surface area contributed by atoms with Gasteiger partial charge in [-0.05, 0) is 47.0 Å². The van der Waals surface area contributed by atoms with Gasteiger partial charge in [-0.1, -0.05) is 6.92 Å². The quantitative estimate of drug-likeness (QED) is 0.779. The number of nitrogens with zero attached hydrogens (tertiary/aromatic N) is 1. The van der Waals surface area contributed by atoms with Crippen LogP contribution < -0.4 is 0 Å². The number of piperidine rings is 1. The Morgan fingerprint density at radius 2 is 1.78 bits per heavy atom. The molecule has 0 aromatic carbocycles. The summed E-state index contributed by atoms with van der Waals surface area (Å²) in [5.74, 6) is 0. The van der Waals surface area contributed by atoms with E-state index in [0.29, 0.717) is 0 Å². The fraction of sp³-hybridized carbons (Fsp3) is 0.929. The van der Waals surface area contributed by atoms with Crippen LogP contribution in [0.2, 0.25) is 0 Å². The van der Waals surface area contributed by atoms with Crippen molar-refractivity contribution in [1.29, 1.82) is 0 Å². The largest absolute Gasteiger partial charge is 0.444 e. The topological polar surface area (TPSA) is 38.8 Å². The van der Waals surface area contributed by atoms with Gasteiger partial charge in [-0.25, -0.2) is 4.79 Å². The molecule has 0 N–H and O–H groups in total. The lowest BCUT2D eigenvalue weighted by molar-refractivity contribution is -0.0821. The third kappa shape index (κ3) is 4.16. The number of amides is 1. The third-order valence-electron chi connectivity index (χ3n) is 3.42. The van der Waals surface area contributed by atoms with E-state index in [2.05, 4.69) is 6.92 Å². The molecule has 18 heavy (non-hydrogen) atoms. The summed E-state index contributed by atoms with van der Waals surface area (Å²) >= 11 is 0. The van der Waals surface area contributed by atoms with Crippen LogP contribution in [-0.4, -0.2) is 41.9 Å². The second-order valence-electron chi connectivity index (χ2n) is 5.94. The van der Waals surface area contributed by atoms with Crippen molar-refractivity contribution in [1.82, 2.24) is 4.90 Å². The minimum absolute atomic E-state index is 0.0345. The number of hydrogen-bond acceptors (Lipinski definition) is 3. The molecule has 4 nitrogen and oxygen atoms in total. The van der Waals surface area contributed by atoms with E-state index in [1.165, 1.54) is 0 Å². The van der Waals surface area contributed by atoms with Crippen molar-refractivity contribution >= 4 is 6.09 Å². The van der Waals surface area contributed by atoms with Crippen molar-refractivity contribution in [3.8, 4) is 0 Å². The van der Waals surface area contributed by atoms with Gasteiger partial charge in [0, 0.05) is 19.7 Å². The van der Waals surface area contributed by atoms with Crippen molar-refractivity contribution < 1.29 is 14.3 Å². The summed E-state index contributed by atoms with van der Waals surface area (Å²) in [4.78, 5) is 13.7. The first-order chi connectivity index (χ1) is 8.32. The Bertz CT molecular complexity index is 275. The summed E-state index contributed by atoms with van der Waals surface area (Å²) in [5.41, 5.74) is -0.455. The fourth-order valence-electron chi connectivity index (χ4n) is 2.33. The molecule has 1 aliphatic heterocycles. The normalized spacial score (nSPS) is 19.7. The van der Waals surface area contributed by atoms with E-state index in [1.807, 2.05) is 27.7 Å². The Kier molecular flexibility index (Phi) is 5.02. The van der Waals surface area contributed by atoms with Crippen molar-refractivity contribution in [2.45, 2.75) is 65.1 Å². The molecule has 0 radical (unpaired) electrons. The molecule has 1 saturated heterocycles. The zero-order valence-corrected chi connectivity index (χ0v) is 12.4. The maximum absolute atomic E-state index is 11.9. The van der Waals surface area contributed by atoms with E-state index >= 15 is 0 Å². The molecule has 1 amide bonds. The first kappa shape index (κ1) is 15.3. The number of carbonyl (C=O) groups is 1. The molecular weight excluding hydrogens is 230 g/mol. The first-order valence-electron chi connectivity index (χ1n) is 6.94. The Morgan fingerprint density at radius 3 is 2.17 bits per heavy atom. The highest BCUT2D eigenvalue weighted by Gasteiger charge is 2.36. The molecule has 106 valence electrons. The summed E-state index contributed by atoms with van der Waals surface area (Å²) in [6.45, 7) is 12.0. The van der Waals surface area contributed by atoms with Crippen molar-refractivity contribution in [3.63, 3.8) is 0 Å². The second kappa shape index (κ2) is 5.91. The van der Waals surface area contributed by atoms with Gasteiger partial charge in [0.25, 0.3) is 0 Å². The summed E-state index contributed by atoms with van der Waals surface area (Å²) < 4.78 is 11.3. The third-order valence-corrected chi connectivity index (χ3v) is 3.42. The molecule has 4 heteroatoms. The lowest BCUT2D eigenvalue weighted by atomic mass is 9.88. The van der Waals surface area contributed by atoms with Crippen LogP contribution in [0.1, 0.15) is 53.9 Å². The number of rotatable bonds is 3. The van der Waals surface area contributed by atoms with E-state index < -0.39 is 5.60 Å². The van der Waals surface area contributed by atoms with Crippen LogP contribution in [0.3, 0.4) is 0 Å². The van der Waals surface area contributed by atoms with Crippen LogP contribution in [-0.2, 0) is 9.47 Å². The number of hydrogen-bond donors (Lipinski definition) is 0. The lowest BCUT2D eigenvalue weighted by Crippen LogP contribution is -2.49. The molecule has 0 bridgehead atoms. The van der Waals surface area contributed by atoms with Crippen LogP contribution in [0.5, 0.6) is 0 Å². The molecular formula is C14H27NO3. The predicted molar refractivity (Wildman–Crippen MR) is 71.7 cm³/mol. The number of ether oxygens (including phenoxy) is 2. The lowest BCUT2D eigenvalue weighted by Gasteiger charge is -2.41. The Labute approximate surface area is 111 Å². The van der Waals surface area contributed by atoms with Gasteiger partial charge in [0.15, 0.2) is 0 Å². The van der Waals surface area contributed by atoms with E-state index in [0.717, 1.165) is 39.0 Å². The van der Waals surface area contributed by atoms with Gasteiger partial charge in [-0.3, -0.25) is 0 Å². The van der Waals surface area contributed by atoms with Gasteiger partial charge in [0.05, 0.1) is 5.60 Å². The zero-order valence-electron chi connectivity index (χ0n) is 12.4. The summed E-state index contributed by atoms with van der Waals surface area (Å²) in [6.07, 6.45) is 2.60. The van der Waals surface area contributed by atoms with Crippen molar-refractivity contribution in [2.24, 2.45) is 0 Å². The number of carbonyl (C=O) groups excluding carboxylic acids is 1. The molecule has 1 fully saturated rings. The second-order valence-corrected chi connectivity index (χ2v) is 5.94. The molecule has 1 heterocycles. The maximum Gasteiger partial charge on any atom is 0.410 e. The van der Waals surface area contributed by atoms with E-state index in [4.69, 9.17) is 9.47 Å². The minimum atomic E-state index is -0.420. The zero-order chi connectivity index (χ0) is 13.8. The van der Waals surface area contributed by atoms with Gasteiger partial charge >= 0.3 is 6.09 Å². The fourth-order valence-corrected chi connectivity index (χ4v) is 2.33. The van der Waals surface area contributed by atoms with Gasteiger partial charge in [-0.2, -0.15) is 0 Å². The minimum Gasteiger partial charge on any atom is -0.444 e. The van der Waals surface area contributed by atoms with Gasteiger partial charge in [0.1, 0.15) is 5.60 Å². The van der Waals surface area contributed by atoms with E-state index in [9.17, 15) is 4.79 Å². The predicted octanol–water partition coefficient (Wildman–Crippen LogP) is 3.20. The Morgan fingerprint density at radius 1 is 1.22 bits per heavy atom. The van der Waals surface area contributed by atoms with Gasteiger partial charge in [0.2, 0.25) is 0 Å². The van der Waals surface area contributed by atoms with Gasteiger partial charge in [-0.15, -0.1) is 0 Å². The van der Waals surface area contributed by atoms with Crippen molar-refractivity contribution in [3.05, 3.63) is 0 Å². The van der Waals surface area contributed by atoms with Crippen LogP contribution in [0.4, 0.5) is 4.79 Å². The van der Waals surface area contributed by atoms with Crippen LogP contribution in [0.25, 0.3) is 0 Å². The maximum atomic E-state index is 11.9. The molecule has 0 aromatic rings. The van der Waals surface area contributed by atoms with Crippen LogP contribution in [0.15, 0.2) is 0 Å². The Hall–Kier alpha value is -0.770. The molecule has 0 saturated carbocycles. The van der Waals surface area contributed by atoms with E-state index in [1.54, 1.807) is 4.90 Å². The average molecular weight is 257 g/mol. The van der Waals surface area contributed by atoms with E-state index in [-0.39, 0.29) is 11.7 Å². The van der Waals surface area contributed by atoms with Crippen LogP contribution >= 0.6 is 0 Å². The molecule has 0 aliphatic carbocycles. The van der Waals surface area contributed by atoms with Crippen molar-refractivity contribution in [2.75, 3.05) is 19.7 Å². The first-order valence-corrected chi connectivity index (χ1v) is 6.94. The molecule has 0 atom stereocenters. The monoisotopic (exact) mass is 257 g/mol. The smallest absolute Gasteiger partial charge is 0.410 e. The highest BCUT2D eigenvalue weighted by atomic mass is 16.6. The highest BCUT2D eigenvalue weighted by molar-refractivity contribution is 5.68. The SMILES string of the molecule is CCOC1(CC)CCN(C(=O)OC(C)(C)C)CC1. The Balaban J connectivity index is 2.50. The van der Waals surface area contributed by atoms with Gasteiger partial charge < -0.3 is 14.4 Å². The highest BCUT2D eigenvalue weighted by Crippen LogP contribution is 2.30. The molecule has 0 aromatic heterocycles. The molecule has 1 rings (SSSR count). The number of likely N-dealkylation sites (tertiary alicyclic amines) is 1. The summed E-state index contributed by atoms with van der Waals surface area (Å²) in [7, 11) is 0. The average Bonchev–Trinajstić information content (AvgIpc) is 2.28. The van der Waals surface area contributed by atoms with Crippen LogP contribution in [0, 0.1) is 0 Å². The summed E-state index contributed by atoms with van der Waals surface area (Å²) in [5, 5.41) is 0. The molecule has 0 unspecified atom stereocenters.